The highest BCUT2D eigenvalue weighted by Crippen LogP contribution is 2.45. The number of aromatic nitrogens is 1. The number of nitrogens with zero attached hydrogens (tertiary/aromatic N) is 2. The Morgan fingerprint density at radius 1 is 1.26 bits per heavy atom. The molecular weight excluding hydrogens is 490 g/mol. The highest BCUT2D eigenvalue weighted by atomic mass is 16.6. The molecule has 10 nitrogen and oxygen atoms in total. The second kappa shape index (κ2) is 10.5. The van der Waals surface area contributed by atoms with E-state index in [-0.39, 0.29) is 25.5 Å². The number of methoxy groups -OCH3 is 1. The first kappa shape index (κ1) is 27.2. The van der Waals surface area contributed by atoms with E-state index in [1.54, 1.807) is 59.2 Å². The monoisotopic (exact) mass is 525 g/mol. The van der Waals surface area contributed by atoms with Crippen molar-refractivity contribution in [2.45, 2.75) is 63.8 Å². The molecule has 4 atom stereocenters. The van der Waals surface area contributed by atoms with Crippen molar-refractivity contribution in [3.63, 3.8) is 0 Å². The Labute approximate surface area is 222 Å². The van der Waals surface area contributed by atoms with Crippen LogP contribution in [0.25, 0.3) is 10.9 Å². The molecule has 1 saturated heterocycles. The molecule has 1 aromatic carbocycles. The first-order chi connectivity index (χ1) is 18.0. The average Bonchev–Trinajstić information content (AvgIpc) is 3.42. The number of carbonyl (C=O) groups excluding carboxylic acids is 3. The van der Waals surface area contributed by atoms with E-state index in [2.05, 4.69) is 16.9 Å². The van der Waals surface area contributed by atoms with Crippen LogP contribution in [0.15, 0.2) is 43.1 Å². The topological polar surface area (TPSA) is 116 Å². The molecule has 1 aromatic heterocycles. The standard InChI is InChI=1S/C28H35N3O7/c1-7-17-15-28(17,25(33)36-8-2)30-24(32)22-14-19(16-31(22)26(34)38-27(3,4)5)37-23-11-12-29-21-13-18(35-6)9-10-20(21)23/h7,9-13,17,19,22H,1,8,14-16H2,2-6H3,(H,30,32)/t17-,19+,22?,28-/m0/s1. The van der Waals surface area contributed by atoms with Crippen LogP contribution in [-0.2, 0) is 19.1 Å². The van der Waals surface area contributed by atoms with Crippen molar-refractivity contribution < 1.29 is 33.3 Å². The van der Waals surface area contributed by atoms with Gasteiger partial charge in [0, 0.05) is 30.0 Å². The summed E-state index contributed by atoms with van der Waals surface area (Å²) in [4.78, 5) is 45.1. The number of nitrogens with one attached hydrogen (secondary N) is 1. The number of amides is 2. The molecule has 2 aromatic rings. The summed E-state index contributed by atoms with van der Waals surface area (Å²) in [5.41, 5.74) is -1.24. The van der Waals surface area contributed by atoms with Gasteiger partial charge in [-0.05, 0) is 52.3 Å². The first-order valence-electron chi connectivity index (χ1n) is 12.7. The van der Waals surface area contributed by atoms with E-state index in [9.17, 15) is 14.4 Å². The molecule has 1 saturated carbocycles. The Hall–Kier alpha value is -3.82. The minimum Gasteiger partial charge on any atom is -0.497 e. The highest BCUT2D eigenvalue weighted by molar-refractivity contribution is 5.95. The number of likely N-dealkylation sites (tertiary alicyclic amines) is 1. The van der Waals surface area contributed by atoms with Crippen molar-refractivity contribution in [3.05, 3.63) is 43.1 Å². The van der Waals surface area contributed by atoms with Crippen LogP contribution in [0.3, 0.4) is 0 Å². The molecule has 2 fully saturated rings. The second-order valence-electron chi connectivity index (χ2n) is 10.5. The van der Waals surface area contributed by atoms with E-state index in [1.807, 2.05) is 12.1 Å². The molecule has 0 spiro atoms. The predicted molar refractivity (Wildman–Crippen MR) is 140 cm³/mol. The number of ether oxygens (including phenoxy) is 4. The van der Waals surface area contributed by atoms with Crippen LogP contribution >= 0.6 is 0 Å². The van der Waals surface area contributed by atoms with E-state index in [1.165, 1.54) is 4.90 Å². The molecule has 1 aliphatic heterocycles. The second-order valence-corrected chi connectivity index (χ2v) is 10.5. The van der Waals surface area contributed by atoms with Crippen molar-refractivity contribution in [1.82, 2.24) is 15.2 Å². The molecular formula is C28H35N3O7. The number of carbonyl (C=O) groups is 3. The van der Waals surface area contributed by atoms with E-state index in [0.29, 0.717) is 23.4 Å². The highest BCUT2D eigenvalue weighted by Gasteiger charge is 2.62. The third kappa shape index (κ3) is 5.54. The zero-order valence-corrected chi connectivity index (χ0v) is 22.5. The van der Waals surface area contributed by atoms with Crippen molar-refractivity contribution in [3.8, 4) is 11.5 Å². The van der Waals surface area contributed by atoms with Gasteiger partial charge in [0.1, 0.15) is 34.8 Å². The Morgan fingerprint density at radius 3 is 2.66 bits per heavy atom. The van der Waals surface area contributed by atoms with Crippen molar-refractivity contribution in [2.75, 3.05) is 20.3 Å². The minimum absolute atomic E-state index is 0.129. The molecule has 2 heterocycles. The molecule has 0 radical (unpaired) electrons. The number of fused-ring (bicyclic) bond motifs is 1. The summed E-state index contributed by atoms with van der Waals surface area (Å²) >= 11 is 0. The van der Waals surface area contributed by atoms with Crippen LogP contribution in [0.2, 0.25) is 0 Å². The average molecular weight is 526 g/mol. The molecule has 1 aliphatic carbocycles. The zero-order valence-electron chi connectivity index (χ0n) is 22.5. The predicted octanol–water partition coefficient (Wildman–Crippen LogP) is 3.62. The van der Waals surface area contributed by atoms with Gasteiger partial charge in [-0.2, -0.15) is 0 Å². The SMILES string of the molecule is C=C[C@H]1C[C@@]1(NC(=O)C1C[C@@H](Oc2ccnc3cc(OC)ccc23)CN1C(=O)OC(C)(C)C)C(=O)OCC. The normalized spacial score (nSPS) is 24.4. The fourth-order valence-corrected chi connectivity index (χ4v) is 4.73. The molecule has 4 rings (SSSR count). The van der Waals surface area contributed by atoms with Gasteiger partial charge >= 0.3 is 12.1 Å². The van der Waals surface area contributed by atoms with Gasteiger partial charge < -0.3 is 24.3 Å². The number of hydrogen-bond acceptors (Lipinski definition) is 8. The van der Waals surface area contributed by atoms with Gasteiger partial charge in [-0.3, -0.25) is 14.7 Å². The van der Waals surface area contributed by atoms with Gasteiger partial charge in [0.2, 0.25) is 5.91 Å². The zero-order chi connectivity index (χ0) is 27.7. The van der Waals surface area contributed by atoms with Gasteiger partial charge in [0.15, 0.2) is 0 Å². The third-order valence-electron chi connectivity index (χ3n) is 6.68. The molecule has 204 valence electrons. The van der Waals surface area contributed by atoms with Crippen LogP contribution < -0.4 is 14.8 Å². The molecule has 2 aliphatic rings. The van der Waals surface area contributed by atoms with Gasteiger partial charge in [0.25, 0.3) is 0 Å². The van der Waals surface area contributed by atoms with Crippen LogP contribution in [0.5, 0.6) is 11.5 Å². The summed E-state index contributed by atoms with van der Waals surface area (Å²) in [6.07, 6.45) is 2.74. The Balaban J connectivity index is 1.57. The summed E-state index contributed by atoms with van der Waals surface area (Å²) in [5.74, 6) is 0.0263. The molecule has 10 heteroatoms. The number of benzene rings is 1. The number of rotatable bonds is 8. The van der Waals surface area contributed by atoms with E-state index in [0.717, 1.165) is 5.39 Å². The van der Waals surface area contributed by atoms with Crippen LogP contribution in [-0.4, -0.2) is 71.4 Å². The Bertz CT molecular complexity index is 1240. The molecule has 0 bridgehead atoms. The maximum Gasteiger partial charge on any atom is 0.411 e. The lowest BCUT2D eigenvalue weighted by Gasteiger charge is -2.28. The van der Waals surface area contributed by atoms with Gasteiger partial charge in [0.05, 0.1) is 25.8 Å². The van der Waals surface area contributed by atoms with Crippen molar-refractivity contribution in [2.24, 2.45) is 5.92 Å². The van der Waals surface area contributed by atoms with E-state index in [4.69, 9.17) is 18.9 Å². The van der Waals surface area contributed by atoms with Crippen LogP contribution in [0.1, 0.15) is 40.5 Å². The molecule has 38 heavy (non-hydrogen) atoms. The number of pyridine rings is 1. The summed E-state index contributed by atoms with van der Waals surface area (Å²) in [6, 6.07) is 6.32. The largest absolute Gasteiger partial charge is 0.497 e. The summed E-state index contributed by atoms with van der Waals surface area (Å²) in [7, 11) is 1.58. The van der Waals surface area contributed by atoms with E-state index < -0.39 is 41.3 Å². The van der Waals surface area contributed by atoms with Crippen molar-refractivity contribution in [1.29, 1.82) is 0 Å². The van der Waals surface area contributed by atoms with Gasteiger partial charge in [-0.1, -0.05) is 6.08 Å². The fourth-order valence-electron chi connectivity index (χ4n) is 4.73. The lowest BCUT2D eigenvalue weighted by atomic mass is 10.1. The minimum atomic E-state index is -1.17. The number of esters is 1. The first-order valence-corrected chi connectivity index (χ1v) is 12.7. The Morgan fingerprint density at radius 2 is 2.03 bits per heavy atom. The van der Waals surface area contributed by atoms with Crippen molar-refractivity contribution >= 4 is 28.9 Å². The maximum absolute atomic E-state index is 13.6. The lowest BCUT2D eigenvalue weighted by Crippen LogP contribution is -2.53. The molecule has 1 N–H and O–H groups in total. The van der Waals surface area contributed by atoms with Crippen LogP contribution in [0.4, 0.5) is 4.79 Å². The quantitative estimate of drug-likeness (QED) is 0.410. The third-order valence-corrected chi connectivity index (χ3v) is 6.68. The fraction of sp³-hybridized carbons (Fsp3) is 0.500. The summed E-state index contributed by atoms with van der Waals surface area (Å²) < 4.78 is 22.4. The Kier molecular flexibility index (Phi) is 7.53. The van der Waals surface area contributed by atoms with Gasteiger partial charge in [-0.25, -0.2) is 9.59 Å². The lowest BCUT2D eigenvalue weighted by molar-refractivity contribution is -0.149. The van der Waals surface area contributed by atoms with Gasteiger partial charge in [-0.15, -0.1) is 6.58 Å². The summed E-state index contributed by atoms with van der Waals surface area (Å²) in [5, 5.41) is 3.63. The smallest absolute Gasteiger partial charge is 0.411 e. The molecule has 2 amide bonds. The van der Waals surface area contributed by atoms with Crippen LogP contribution in [0, 0.1) is 5.92 Å². The number of hydrogen-bond donors (Lipinski definition) is 1. The summed E-state index contributed by atoms with van der Waals surface area (Å²) in [6.45, 7) is 11.1. The van der Waals surface area contributed by atoms with E-state index >= 15 is 0 Å². The molecule has 1 unspecified atom stereocenters. The maximum atomic E-state index is 13.6.